The maximum atomic E-state index is 12.5. The summed E-state index contributed by atoms with van der Waals surface area (Å²) in [7, 11) is 0. The number of hydrogen-bond donors (Lipinski definition) is 0. The van der Waals surface area contributed by atoms with E-state index in [1.54, 1.807) is 37.3 Å². The molecule has 0 spiro atoms. The minimum absolute atomic E-state index is 0.0138. The van der Waals surface area contributed by atoms with Crippen LogP contribution in [0.15, 0.2) is 75.0 Å². The minimum atomic E-state index is -0.420. The van der Waals surface area contributed by atoms with Crippen molar-refractivity contribution in [2.75, 3.05) is 31.1 Å². The molecule has 1 amide bonds. The molecule has 5 rings (SSSR count). The molecule has 172 valence electrons. The summed E-state index contributed by atoms with van der Waals surface area (Å²) in [6, 6.07) is 18.7. The van der Waals surface area contributed by atoms with E-state index in [-0.39, 0.29) is 11.6 Å². The Balaban J connectivity index is 1.27. The van der Waals surface area contributed by atoms with Gasteiger partial charge in [-0.2, -0.15) is 4.99 Å². The van der Waals surface area contributed by atoms with E-state index >= 15 is 0 Å². The molecular weight excluding hydrogens is 452 g/mol. The van der Waals surface area contributed by atoms with Crippen molar-refractivity contribution in [2.24, 2.45) is 4.99 Å². The highest BCUT2D eigenvalue weighted by molar-refractivity contribution is 8.18. The van der Waals surface area contributed by atoms with Gasteiger partial charge >= 0.3 is 0 Å². The lowest BCUT2D eigenvalue weighted by Gasteiger charge is -2.36. The number of amides is 1. The number of rotatable bonds is 4. The normalized spacial score (nSPS) is 17.4. The van der Waals surface area contributed by atoms with Crippen LogP contribution in [0.25, 0.3) is 17.4 Å². The molecule has 1 saturated heterocycles. The molecule has 0 N–H and O–H groups in total. The zero-order valence-electron chi connectivity index (χ0n) is 18.5. The maximum absolute atomic E-state index is 12.5. The van der Waals surface area contributed by atoms with Gasteiger partial charge in [-0.15, -0.1) is 0 Å². The second-order valence-corrected chi connectivity index (χ2v) is 9.11. The number of piperazine rings is 1. The van der Waals surface area contributed by atoms with Crippen molar-refractivity contribution >= 4 is 40.3 Å². The summed E-state index contributed by atoms with van der Waals surface area (Å²) in [5.74, 6) is 0.531. The fraction of sp³-hybridized carbons (Fsp3) is 0.200. The molecule has 0 radical (unpaired) electrons. The molecular formula is C25H22N4O4S. The molecule has 9 heteroatoms. The van der Waals surface area contributed by atoms with Crippen molar-refractivity contribution in [3.63, 3.8) is 0 Å². The Morgan fingerprint density at radius 2 is 1.76 bits per heavy atom. The molecule has 0 atom stereocenters. The number of nitro benzene ring substituents is 1. The van der Waals surface area contributed by atoms with Crippen LogP contribution in [0.1, 0.15) is 11.3 Å². The number of aliphatic imine (C=N–C) groups is 1. The predicted octanol–water partition coefficient (Wildman–Crippen LogP) is 4.96. The summed E-state index contributed by atoms with van der Waals surface area (Å²) in [5, 5.41) is 12.1. The minimum Gasteiger partial charge on any atom is -0.456 e. The summed E-state index contributed by atoms with van der Waals surface area (Å²) in [6.45, 7) is 5.07. The number of hydrogen-bond acceptors (Lipinski definition) is 7. The van der Waals surface area contributed by atoms with Gasteiger partial charge in [-0.1, -0.05) is 24.3 Å². The van der Waals surface area contributed by atoms with E-state index in [4.69, 9.17) is 4.42 Å². The molecule has 0 unspecified atom stereocenters. The van der Waals surface area contributed by atoms with Crippen LogP contribution >= 0.6 is 11.8 Å². The molecule has 3 heterocycles. The Morgan fingerprint density at radius 1 is 1.03 bits per heavy atom. The van der Waals surface area contributed by atoms with E-state index in [2.05, 4.69) is 26.9 Å². The predicted molar refractivity (Wildman–Crippen MR) is 134 cm³/mol. The lowest BCUT2D eigenvalue weighted by atomic mass is 10.1. The van der Waals surface area contributed by atoms with E-state index in [0.29, 0.717) is 27.2 Å². The first-order chi connectivity index (χ1) is 16.5. The summed E-state index contributed by atoms with van der Waals surface area (Å²) in [4.78, 5) is 32.7. The van der Waals surface area contributed by atoms with Gasteiger partial charge in [-0.3, -0.25) is 14.9 Å². The first kappa shape index (κ1) is 22.0. The molecule has 34 heavy (non-hydrogen) atoms. The molecule has 2 aliphatic rings. The van der Waals surface area contributed by atoms with E-state index in [9.17, 15) is 14.9 Å². The Bertz CT molecular complexity index is 1310. The molecule has 8 nitrogen and oxygen atoms in total. The highest BCUT2D eigenvalue weighted by Gasteiger charge is 2.29. The summed E-state index contributed by atoms with van der Waals surface area (Å²) < 4.78 is 5.84. The number of carbonyl (C=O) groups is 1. The van der Waals surface area contributed by atoms with Gasteiger partial charge in [-0.25, -0.2) is 0 Å². The van der Waals surface area contributed by atoms with Gasteiger partial charge in [0.05, 0.1) is 15.4 Å². The number of anilines is 1. The number of nitro groups is 1. The molecule has 0 aliphatic carbocycles. The Kier molecular flexibility index (Phi) is 5.93. The summed E-state index contributed by atoms with van der Waals surface area (Å²) >= 11 is 1.33. The molecule has 1 aromatic heterocycles. The van der Waals surface area contributed by atoms with Crippen LogP contribution in [0.5, 0.6) is 0 Å². The fourth-order valence-electron chi connectivity index (χ4n) is 4.03. The average Bonchev–Trinajstić information content (AvgIpc) is 3.46. The van der Waals surface area contributed by atoms with Gasteiger partial charge in [0, 0.05) is 44.0 Å². The number of benzene rings is 2. The second kappa shape index (κ2) is 9.18. The first-order valence-corrected chi connectivity index (χ1v) is 11.7. The first-order valence-electron chi connectivity index (χ1n) is 10.9. The van der Waals surface area contributed by atoms with Crippen molar-refractivity contribution < 1.29 is 14.1 Å². The number of para-hydroxylation sites is 1. The topological polar surface area (TPSA) is 92.2 Å². The monoisotopic (exact) mass is 474 g/mol. The average molecular weight is 475 g/mol. The number of amidine groups is 1. The van der Waals surface area contributed by atoms with Crippen molar-refractivity contribution in [1.82, 2.24) is 4.90 Å². The Morgan fingerprint density at radius 3 is 2.50 bits per heavy atom. The van der Waals surface area contributed by atoms with Crippen LogP contribution in [0.2, 0.25) is 0 Å². The molecule has 2 aromatic carbocycles. The van der Waals surface area contributed by atoms with E-state index in [0.717, 1.165) is 31.7 Å². The van der Waals surface area contributed by atoms with Crippen molar-refractivity contribution in [1.29, 1.82) is 0 Å². The Hall–Kier alpha value is -3.85. The molecule has 2 aliphatic heterocycles. The third-order valence-corrected chi connectivity index (χ3v) is 6.84. The third-order valence-electron chi connectivity index (χ3n) is 5.80. The van der Waals surface area contributed by atoms with E-state index in [1.165, 1.54) is 23.5 Å². The maximum Gasteiger partial charge on any atom is 0.286 e. The Labute approximate surface area is 200 Å². The quantitative estimate of drug-likeness (QED) is 0.300. The molecule has 3 aromatic rings. The van der Waals surface area contributed by atoms with Gasteiger partial charge < -0.3 is 14.2 Å². The van der Waals surface area contributed by atoms with Crippen LogP contribution < -0.4 is 4.90 Å². The van der Waals surface area contributed by atoms with Crippen LogP contribution in [-0.2, 0) is 4.79 Å². The van der Waals surface area contributed by atoms with Crippen LogP contribution in [-0.4, -0.2) is 47.1 Å². The van der Waals surface area contributed by atoms with E-state index in [1.807, 2.05) is 18.2 Å². The zero-order chi connectivity index (χ0) is 23.7. The van der Waals surface area contributed by atoms with Crippen molar-refractivity contribution in [3.8, 4) is 11.3 Å². The van der Waals surface area contributed by atoms with Gasteiger partial charge in [0.2, 0.25) is 0 Å². The van der Waals surface area contributed by atoms with Gasteiger partial charge in [0.1, 0.15) is 11.5 Å². The SMILES string of the molecule is Cc1ccc(-c2ccc(/C=C3/SC(N4CCN(c5ccccc5)CC4)=NC3=O)o2)c([N+](=O)[O-])c1. The fourth-order valence-corrected chi connectivity index (χ4v) is 4.98. The van der Waals surface area contributed by atoms with E-state index < -0.39 is 4.92 Å². The third kappa shape index (κ3) is 4.47. The number of furan rings is 1. The van der Waals surface area contributed by atoms with Crippen molar-refractivity contribution in [2.45, 2.75) is 6.92 Å². The zero-order valence-corrected chi connectivity index (χ0v) is 19.3. The number of carbonyl (C=O) groups excluding carboxylic acids is 1. The highest BCUT2D eigenvalue weighted by atomic mass is 32.2. The van der Waals surface area contributed by atoms with Crippen LogP contribution in [0.3, 0.4) is 0 Å². The molecule has 1 fully saturated rings. The highest BCUT2D eigenvalue weighted by Crippen LogP contribution is 2.35. The largest absolute Gasteiger partial charge is 0.456 e. The summed E-state index contributed by atoms with van der Waals surface area (Å²) in [6.07, 6.45) is 1.65. The number of nitrogens with zero attached hydrogens (tertiary/aromatic N) is 4. The lowest BCUT2D eigenvalue weighted by Crippen LogP contribution is -2.47. The van der Waals surface area contributed by atoms with Gasteiger partial charge in [0.25, 0.3) is 11.6 Å². The van der Waals surface area contributed by atoms with Crippen molar-refractivity contribution in [3.05, 3.63) is 87.0 Å². The summed E-state index contributed by atoms with van der Waals surface area (Å²) in [5.41, 5.74) is 2.38. The number of aryl methyl sites for hydroxylation is 1. The van der Waals surface area contributed by atoms with Gasteiger partial charge in [0.15, 0.2) is 5.17 Å². The van der Waals surface area contributed by atoms with Crippen LogP contribution in [0, 0.1) is 17.0 Å². The second-order valence-electron chi connectivity index (χ2n) is 8.10. The van der Waals surface area contributed by atoms with Crippen LogP contribution in [0.4, 0.5) is 11.4 Å². The number of thioether (sulfide) groups is 1. The molecule has 0 bridgehead atoms. The van der Waals surface area contributed by atoms with Gasteiger partial charge in [-0.05, 0) is 54.6 Å². The lowest BCUT2D eigenvalue weighted by molar-refractivity contribution is -0.384. The smallest absolute Gasteiger partial charge is 0.286 e. The molecule has 0 saturated carbocycles. The standard InChI is InChI=1S/C25H22N4O4S/c1-17-7-9-20(21(15-17)29(31)32)22-10-8-19(33-22)16-23-24(30)26-25(34-23)28-13-11-27(12-14-28)18-5-3-2-4-6-18/h2-10,15-16H,11-14H2,1H3/b23-16+.